The summed E-state index contributed by atoms with van der Waals surface area (Å²) in [5.41, 5.74) is 5.93. The van der Waals surface area contributed by atoms with Crippen molar-refractivity contribution in [2.24, 2.45) is 5.73 Å². The summed E-state index contributed by atoms with van der Waals surface area (Å²) in [5, 5.41) is 10.2. The molecular formula is C10H10FNO2. The van der Waals surface area contributed by atoms with Crippen molar-refractivity contribution in [3.63, 3.8) is 0 Å². The van der Waals surface area contributed by atoms with Gasteiger partial charge in [-0.25, -0.2) is 4.39 Å². The summed E-state index contributed by atoms with van der Waals surface area (Å²) < 4.78 is 18.4. The number of rotatable bonds is 2. The molecule has 0 fully saturated rings. The molecule has 1 aromatic heterocycles. The maximum absolute atomic E-state index is 13.4. The number of halogens is 1. The Hall–Kier alpha value is -1.39. The maximum Gasteiger partial charge on any atom is 0.136 e. The van der Waals surface area contributed by atoms with Crippen LogP contribution in [0.3, 0.4) is 0 Å². The highest BCUT2D eigenvalue weighted by Gasteiger charge is 2.13. The van der Waals surface area contributed by atoms with Gasteiger partial charge in [-0.1, -0.05) is 0 Å². The van der Waals surface area contributed by atoms with Crippen LogP contribution in [-0.2, 0) is 0 Å². The molecule has 74 valence electrons. The van der Waals surface area contributed by atoms with Crippen LogP contribution in [0.15, 0.2) is 28.9 Å². The minimum atomic E-state index is -0.964. The molecule has 0 saturated carbocycles. The topological polar surface area (TPSA) is 59.4 Å². The molecule has 1 atom stereocenters. The predicted molar refractivity (Wildman–Crippen MR) is 50.2 cm³/mol. The number of nitrogens with two attached hydrogens (primary N) is 1. The van der Waals surface area contributed by atoms with E-state index in [0.29, 0.717) is 5.58 Å². The van der Waals surface area contributed by atoms with Gasteiger partial charge in [0.2, 0.25) is 0 Å². The van der Waals surface area contributed by atoms with Crippen LogP contribution in [0, 0.1) is 5.82 Å². The minimum absolute atomic E-state index is 0.000276. The summed E-state index contributed by atoms with van der Waals surface area (Å²) in [6.07, 6.45) is 0.511. The lowest BCUT2D eigenvalue weighted by atomic mass is 10.1. The first-order chi connectivity index (χ1) is 6.72. The molecule has 3 nitrogen and oxygen atoms in total. The van der Waals surface area contributed by atoms with Gasteiger partial charge in [-0.2, -0.15) is 0 Å². The third-order valence-corrected chi connectivity index (χ3v) is 2.15. The summed E-state index contributed by atoms with van der Waals surface area (Å²) >= 11 is 0. The second-order valence-electron chi connectivity index (χ2n) is 3.08. The molecular weight excluding hydrogens is 185 g/mol. The highest BCUT2D eigenvalue weighted by Crippen LogP contribution is 2.24. The molecule has 2 rings (SSSR count). The number of furan rings is 1. The van der Waals surface area contributed by atoms with E-state index in [0.717, 1.165) is 5.39 Å². The molecule has 0 saturated heterocycles. The zero-order valence-corrected chi connectivity index (χ0v) is 7.40. The molecule has 1 aromatic carbocycles. The van der Waals surface area contributed by atoms with Crippen molar-refractivity contribution in [2.75, 3.05) is 6.54 Å². The highest BCUT2D eigenvalue weighted by atomic mass is 19.1. The Morgan fingerprint density at radius 1 is 1.50 bits per heavy atom. The van der Waals surface area contributed by atoms with E-state index in [1.54, 1.807) is 12.1 Å². The molecule has 0 radical (unpaired) electrons. The number of aliphatic hydroxyl groups is 1. The first-order valence-electron chi connectivity index (χ1n) is 4.27. The van der Waals surface area contributed by atoms with E-state index in [-0.39, 0.29) is 12.1 Å². The largest absolute Gasteiger partial charge is 0.464 e. The summed E-state index contributed by atoms with van der Waals surface area (Å²) in [6, 6.07) is 4.51. The first kappa shape index (κ1) is 9.18. The van der Waals surface area contributed by atoms with E-state index in [4.69, 9.17) is 10.2 Å². The van der Waals surface area contributed by atoms with Crippen molar-refractivity contribution in [2.45, 2.75) is 6.10 Å². The lowest BCUT2D eigenvalue weighted by Gasteiger charge is -2.08. The second-order valence-corrected chi connectivity index (χ2v) is 3.08. The third kappa shape index (κ3) is 1.38. The third-order valence-electron chi connectivity index (χ3n) is 2.15. The minimum Gasteiger partial charge on any atom is -0.464 e. The van der Waals surface area contributed by atoms with Crippen molar-refractivity contribution < 1.29 is 13.9 Å². The molecule has 0 bridgehead atoms. The zero-order valence-electron chi connectivity index (χ0n) is 7.40. The van der Waals surface area contributed by atoms with Crippen LogP contribution in [0.5, 0.6) is 0 Å². The normalized spacial score (nSPS) is 13.4. The standard InChI is InChI=1S/C10H10FNO2/c11-8-4-10-6(1-2-14-10)3-7(8)9(13)5-12/h1-4,9,13H,5,12H2. The van der Waals surface area contributed by atoms with Gasteiger partial charge in [0.1, 0.15) is 11.4 Å². The van der Waals surface area contributed by atoms with E-state index in [9.17, 15) is 9.50 Å². The van der Waals surface area contributed by atoms with Gasteiger partial charge in [0.05, 0.1) is 12.4 Å². The SMILES string of the molecule is NCC(O)c1cc2ccoc2cc1F. The van der Waals surface area contributed by atoms with Crippen LogP contribution in [0.25, 0.3) is 11.0 Å². The average molecular weight is 195 g/mol. The monoisotopic (exact) mass is 195 g/mol. The van der Waals surface area contributed by atoms with Gasteiger partial charge >= 0.3 is 0 Å². The molecule has 0 aliphatic carbocycles. The van der Waals surface area contributed by atoms with E-state index < -0.39 is 11.9 Å². The lowest BCUT2D eigenvalue weighted by Crippen LogP contribution is -2.12. The van der Waals surface area contributed by atoms with Crippen molar-refractivity contribution in [3.8, 4) is 0 Å². The number of hydrogen-bond acceptors (Lipinski definition) is 3. The quantitative estimate of drug-likeness (QED) is 0.764. The van der Waals surface area contributed by atoms with Crippen LogP contribution < -0.4 is 5.73 Å². The summed E-state index contributed by atoms with van der Waals surface area (Å²) in [7, 11) is 0. The van der Waals surface area contributed by atoms with Crippen LogP contribution in [0.1, 0.15) is 11.7 Å². The molecule has 14 heavy (non-hydrogen) atoms. The zero-order chi connectivity index (χ0) is 10.1. The lowest BCUT2D eigenvalue weighted by molar-refractivity contribution is 0.182. The fraction of sp³-hybridized carbons (Fsp3) is 0.200. The average Bonchev–Trinajstić information content (AvgIpc) is 2.62. The number of hydrogen-bond donors (Lipinski definition) is 2. The predicted octanol–water partition coefficient (Wildman–Crippen LogP) is 1.56. The molecule has 0 amide bonds. The van der Waals surface area contributed by atoms with Crippen molar-refractivity contribution in [3.05, 3.63) is 35.8 Å². The first-order valence-corrected chi connectivity index (χ1v) is 4.27. The smallest absolute Gasteiger partial charge is 0.136 e. The number of fused-ring (bicyclic) bond motifs is 1. The van der Waals surface area contributed by atoms with Crippen LogP contribution in [-0.4, -0.2) is 11.7 Å². The summed E-state index contributed by atoms with van der Waals surface area (Å²) in [4.78, 5) is 0. The fourth-order valence-corrected chi connectivity index (χ4v) is 1.38. The van der Waals surface area contributed by atoms with Gasteiger partial charge in [-0.3, -0.25) is 0 Å². The Morgan fingerprint density at radius 2 is 2.29 bits per heavy atom. The van der Waals surface area contributed by atoms with E-state index in [1.165, 1.54) is 12.3 Å². The molecule has 1 unspecified atom stereocenters. The van der Waals surface area contributed by atoms with Crippen molar-refractivity contribution >= 4 is 11.0 Å². The van der Waals surface area contributed by atoms with Crippen LogP contribution in [0.2, 0.25) is 0 Å². The van der Waals surface area contributed by atoms with Gasteiger partial charge < -0.3 is 15.3 Å². The Balaban J connectivity index is 2.58. The molecule has 0 aliphatic rings. The van der Waals surface area contributed by atoms with E-state index >= 15 is 0 Å². The molecule has 3 N–H and O–H groups in total. The Kier molecular flexibility index (Phi) is 2.23. The molecule has 0 spiro atoms. The highest BCUT2D eigenvalue weighted by molar-refractivity contribution is 5.78. The van der Waals surface area contributed by atoms with Crippen molar-refractivity contribution in [1.82, 2.24) is 0 Å². The second kappa shape index (κ2) is 3.40. The summed E-state index contributed by atoms with van der Waals surface area (Å²) in [5.74, 6) is -0.495. The Labute approximate surface area is 79.9 Å². The maximum atomic E-state index is 13.4. The van der Waals surface area contributed by atoms with Crippen LogP contribution in [0.4, 0.5) is 4.39 Å². The summed E-state index contributed by atoms with van der Waals surface area (Å²) in [6.45, 7) is 0.000276. The fourth-order valence-electron chi connectivity index (χ4n) is 1.38. The van der Waals surface area contributed by atoms with Crippen LogP contribution >= 0.6 is 0 Å². The Bertz CT molecular complexity index is 452. The van der Waals surface area contributed by atoms with Gasteiger partial charge in [-0.05, 0) is 12.1 Å². The van der Waals surface area contributed by atoms with Gasteiger partial charge in [-0.15, -0.1) is 0 Å². The van der Waals surface area contributed by atoms with E-state index in [2.05, 4.69) is 0 Å². The van der Waals surface area contributed by atoms with Gasteiger partial charge in [0.25, 0.3) is 0 Å². The van der Waals surface area contributed by atoms with Crippen molar-refractivity contribution in [1.29, 1.82) is 0 Å². The van der Waals surface area contributed by atoms with E-state index in [1.807, 2.05) is 0 Å². The number of benzene rings is 1. The number of aliphatic hydroxyl groups excluding tert-OH is 1. The van der Waals surface area contributed by atoms with Gasteiger partial charge in [0, 0.05) is 23.6 Å². The molecule has 2 aromatic rings. The molecule has 1 heterocycles. The van der Waals surface area contributed by atoms with Gasteiger partial charge in [0.15, 0.2) is 0 Å². The molecule has 4 heteroatoms. The molecule has 0 aliphatic heterocycles. The Morgan fingerprint density at radius 3 is 3.00 bits per heavy atom.